The Morgan fingerprint density at radius 2 is 2.19 bits per heavy atom. The van der Waals surface area contributed by atoms with Crippen LogP contribution in [0.3, 0.4) is 0 Å². The Morgan fingerprint density at radius 3 is 3.00 bits per heavy atom. The van der Waals surface area contributed by atoms with E-state index in [0.717, 1.165) is 36.5 Å². The Labute approximate surface area is 121 Å². The molecule has 110 valence electrons. The van der Waals surface area contributed by atoms with Crippen molar-refractivity contribution in [1.82, 2.24) is 24.4 Å². The first-order chi connectivity index (χ1) is 10.2. The van der Waals surface area contributed by atoms with Crippen LogP contribution in [0.4, 0.5) is 10.6 Å². The lowest BCUT2D eigenvalue weighted by molar-refractivity contribution is 0.150. The molecule has 1 atom stereocenters. The zero-order chi connectivity index (χ0) is 14.4. The van der Waals surface area contributed by atoms with Gasteiger partial charge in [0.2, 0.25) is 0 Å². The average Bonchev–Trinajstić information content (AvgIpc) is 3.19. The Bertz CT molecular complexity index is 699. The van der Waals surface area contributed by atoms with Crippen molar-refractivity contribution in [3.05, 3.63) is 12.7 Å². The molecule has 21 heavy (non-hydrogen) atoms. The molecular formula is C13H16N6O2. The lowest BCUT2D eigenvalue weighted by Gasteiger charge is -2.22. The van der Waals surface area contributed by atoms with Crippen LogP contribution in [0.25, 0.3) is 11.2 Å². The van der Waals surface area contributed by atoms with Gasteiger partial charge in [-0.1, -0.05) is 0 Å². The third kappa shape index (κ3) is 1.90. The molecule has 0 N–H and O–H groups in total. The minimum absolute atomic E-state index is 0.189. The molecule has 2 fully saturated rings. The van der Waals surface area contributed by atoms with E-state index >= 15 is 0 Å². The summed E-state index contributed by atoms with van der Waals surface area (Å²) in [6, 6.07) is 0.189. The molecule has 4 heterocycles. The SMILES string of the molecule is Cn1cnc2c(N3CCC(N4CCOC4=O)C3)ncnc21. The maximum Gasteiger partial charge on any atom is 0.410 e. The van der Waals surface area contributed by atoms with E-state index in [2.05, 4.69) is 19.9 Å². The van der Waals surface area contributed by atoms with E-state index in [1.54, 1.807) is 12.7 Å². The monoisotopic (exact) mass is 288 g/mol. The molecule has 2 aliphatic heterocycles. The number of anilines is 1. The first kappa shape index (κ1) is 12.4. The number of nitrogens with zero attached hydrogens (tertiary/aromatic N) is 6. The van der Waals surface area contributed by atoms with E-state index in [1.165, 1.54) is 0 Å². The summed E-state index contributed by atoms with van der Waals surface area (Å²) >= 11 is 0. The number of hydrogen-bond donors (Lipinski definition) is 0. The molecule has 0 bridgehead atoms. The molecule has 0 radical (unpaired) electrons. The molecule has 4 rings (SSSR count). The summed E-state index contributed by atoms with van der Waals surface area (Å²) in [5.74, 6) is 0.843. The van der Waals surface area contributed by atoms with Crippen molar-refractivity contribution in [1.29, 1.82) is 0 Å². The minimum atomic E-state index is -0.201. The highest BCUT2D eigenvalue weighted by Gasteiger charge is 2.35. The van der Waals surface area contributed by atoms with Crippen molar-refractivity contribution in [2.45, 2.75) is 12.5 Å². The van der Waals surface area contributed by atoms with Crippen LogP contribution in [0, 0.1) is 0 Å². The van der Waals surface area contributed by atoms with E-state index in [4.69, 9.17) is 4.74 Å². The second kappa shape index (κ2) is 4.57. The van der Waals surface area contributed by atoms with E-state index in [1.807, 2.05) is 16.5 Å². The highest BCUT2D eigenvalue weighted by atomic mass is 16.6. The van der Waals surface area contributed by atoms with Gasteiger partial charge >= 0.3 is 6.09 Å². The molecule has 2 saturated heterocycles. The molecule has 0 aliphatic carbocycles. The summed E-state index contributed by atoms with van der Waals surface area (Å²) in [7, 11) is 1.92. The lowest BCUT2D eigenvalue weighted by atomic mass is 10.2. The summed E-state index contributed by atoms with van der Waals surface area (Å²) in [4.78, 5) is 28.7. The summed E-state index contributed by atoms with van der Waals surface area (Å²) < 4.78 is 6.90. The topological polar surface area (TPSA) is 76.4 Å². The van der Waals surface area contributed by atoms with E-state index in [-0.39, 0.29) is 12.1 Å². The fraction of sp³-hybridized carbons (Fsp3) is 0.538. The van der Waals surface area contributed by atoms with Gasteiger partial charge in [0.1, 0.15) is 12.9 Å². The molecule has 0 spiro atoms. The number of fused-ring (bicyclic) bond motifs is 1. The number of rotatable bonds is 2. The van der Waals surface area contributed by atoms with Gasteiger partial charge in [-0.3, -0.25) is 4.90 Å². The summed E-state index contributed by atoms with van der Waals surface area (Å²) in [6.45, 7) is 2.79. The summed E-state index contributed by atoms with van der Waals surface area (Å²) in [6.07, 6.45) is 4.03. The fourth-order valence-corrected chi connectivity index (χ4v) is 3.09. The van der Waals surface area contributed by atoms with Crippen LogP contribution in [0.5, 0.6) is 0 Å². The van der Waals surface area contributed by atoms with Gasteiger partial charge in [0.25, 0.3) is 0 Å². The Morgan fingerprint density at radius 1 is 1.29 bits per heavy atom. The van der Waals surface area contributed by atoms with Crippen molar-refractivity contribution in [2.75, 3.05) is 31.1 Å². The third-order valence-electron chi connectivity index (χ3n) is 4.17. The van der Waals surface area contributed by atoms with Crippen LogP contribution < -0.4 is 4.90 Å². The van der Waals surface area contributed by atoms with Gasteiger partial charge < -0.3 is 14.2 Å². The van der Waals surface area contributed by atoms with Crippen molar-refractivity contribution in [2.24, 2.45) is 7.05 Å². The standard InChI is InChI=1S/C13H16N6O2/c1-17-8-16-10-11(17)14-7-15-12(10)18-3-2-9(6-18)19-4-5-21-13(19)20/h7-9H,2-6H2,1H3. The lowest BCUT2D eigenvalue weighted by Crippen LogP contribution is -2.38. The number of aryl methyl sites for hydroxylation is 1. The molecule has 8 nitrogen and oxygen atoms in total. The normalized spacial score (nSPS) is 22.3. The summed E-state index contributed by atoms with van der Waals surface area (Å²) in [5.41, 5.74) is 1.63. The molecule has 8 heteroatoms. The minimum Gasteiger partial charge on any atom is -0.448 e. The second-order valence-electron chi connectivity index (χ2n) is 5.42. The van der Waals surface area contributed by atoms with Gasteiger partial charge in [0.15, 0.2) is 17.0 Å². The molecule has 1 unspecified atom stereocenters. The maximum atomic E-state index is 11.7. The van der Waals surface area contributed by atoms with Crippen LogP contribution >= 0.6 is 0 Å². The van der Waals surface area contributed by atoms with Gasteiger partial charge in [0.05, 0.1) is 18.9 Å². The van der Waals surface area contributed by atoms with Gasteiger partial charge in [-0.2, -0.15) is 0 Å². The van der Waals surface area contributed by atoms with Crippen LogP contribution in [-0.4, -0.2) is 62.8 Å². The number of amides is 1. The van der Waals surface area contributed by atoms with Crippen LogP contribution in [0.1, 0.15) is 6.42 Å². The quantitative estimate of drug-likeness (QED) is 0.796. The smallest absolute Gasteiger partial charge is 0.410 e. The largest absolute Gasteiger partial charge is 0.448 e. The van der Waals surface area contributed by atoms with Gasteiger partial charge in [-0.15, -0.1) is 0 Å². The molecule has 1 amide bonds. The molecule has 2 aliphatic rings. The molecular weight excluding hydrogens is 272 g/mol. The van der Waals surface area contributed by atoms with E-state index < -0.39 is 0 Å². The number of ether oxygens (including phenoxy) is 1. The van der Waals surface area contributed by atoms with Crippen molar-refractivity contribution in [3.8, 4) is 0 Å². The van der Waals surface area contributed by atoms with E-state index in [0.29, 0.717) is 13.2 Å². The predicted molar refractivity (Wildman–Crippen MR) is 75.0 cm³/mol. The highest BCUT2D eigenvalue weighted by molar-refractivity contribution is 5.83. The molecule has 0 saturated carbocycles. The maximum absolute atomic E-state index is 11.7. The number of cyclic esters (lactones) is 1. The first-order valence-electron chi connectivity index (χ1n) is 7.04. The predicted octanol–water partition coefficient (Wildman–Crippen LogP) is 0.394. The third-order valence-corrected chi connectivity index (χ3v) is 4.17. The first-order valence-corrected chi connectivity index (χ1v) is 7.04. The highest BCUT2D eigenvalue weighted by Crippen LogP contribution is 2.27. The van der Waals surface area contributed by atoms with Crippen molar-refractivity contribution < 1.29 is 9.53 Å². The fourth-order valence-electron chi connectivity index (χ4n) is 3.09. The number of aromatic nitrogens is 4. The average molecular weight is 288 g/mol. The van der Waals surface area contributed by atoms with Crippen molar-refractivity contribution in [3.63, 3.8) is 0 Å². The second-order valence-corrected chi connectivity index (χ2v) is 5.42. The van der Waals surface area contributed by atoms with Crippen LogP contribution in [-0.2, 0) is 11.8 Å². The Hall–Kier alpha value is -2.38. The van der Waals surface area contributed by atoms with Crippen LogP contribution in [0.2, 0.25) is 0 Å². The van der Waals surface area contributed by atoms with Gasteiger partial charge in [0, 0.05) is 20.1 Å². The van der Waals surface area contributed by atoms with Gasteiger partial charge in [-0.05, 0) is 6.42 Å². The number of hydrogen-bond acceptors (Lipinski definition) is 6. The van der Waals surface area contributed by atoms with Gasteiger partial charge in [-0.25, -0.2) is 19.7 Å². The summed E-state index contributed by atoms with van der Waals surface area (Å²) in [5, 5.41) is 0. The molecule has 2 aromatic heterocycles. The Balaban J connectivity index is 1.61. The number of imidazole rings is 1. The molecule has 0 aromatic carbocycles. The zero-order valence-corrected chi connectivity index (χ0v) is 11.8. The molecule has 2 aromatic rings. The van der Waals surface area contributed by atoms with E-state index in [9.17, 15) is 4.79 Å². The Kier molecular flexibility index (Phi) is 2.69. The number of carbonyl (C=O) groups is 1. The number of carbonyl (C=O) groups excluding carboxylic acids is 1. The zero-order valence-electron chi connectivity index (χ0n) is 11.8. The van der Waals surface area contributed by atoms with Crippen molar-refractivity contribution >= 4 is 23.1 Å². The van der Waals surface area contributed by atoms with Crippen LogP contribution in [0.15, 0.2) is 12.7 Å².